The SMILES string of the molecule is O=[N+]([O-])[O-].O=[N+]([O-])[O-].O=[N+]([O-])[O-].O=[N+]([O-])[O-].O=[N+]([O-])[O-].[Sm+3].c1ccc(-c2cccc(-c3cccc[nH+]3)n2)[nH+]c1.c1ccc(-c2cccc(-c3ccccn3)n2)nc1. The largest absolute Gasteiger partial charge is 3.00 e. The number of hydrogen-bond acceptors (Lipinski definition) is 19. The van der Waals surface area contributed by atoms with E-state index in [1.54, 1.807) is 12.4 Å². The van der Waals surface area contributed by atoms with Crippen LogP contribution in [0.4, 0.5) is 0 Å². The number of nitrogens with one attached hydrogen (secondary N) is 2. The molecule has 0 spiro atoms. The van der Waals surface area contributed by atoms with Crippen LogP contribution in [0.15, 0.2) is 134 Å². The summed E-state index contributed by atoms with van der Waals surface area (Å²) < 4.78 is 0. The summed E-state index contributed by atoms with van der Waals surface area (Å²) in [6.07, 6.45) is 7.34. The maximum atomic E-state index is 8.25. The Morgan fingerprint density at radius 3 is 0.877 bits per heavy atom. The van der Waals surface area contributed by atoms with E-state index >= 15 is 0 Å². The van der Waals surface area contributed by atoms with Crippen molar-refractivity contribution in [2.45, 2.75) is 0 Å². The average molecular weight is 929 g/mol. The molecule has 6 aromatic heterocycles. The molecule has 27 heteroatoms. The van der Waals surface area contributed by atoms with Crippen molar-refractivity contribution >= 4 is 0 Å². The first kappa shape index (κ1) is 51.3. The Balaban J connectivity index is 0. The van der Waals surface area contributed by atoms with Crippen molar-refractivity contribution in [2.75, 3.05) is 0 Å². The quantitative estimate of drug-likeness (QED) is 0.178. The van der Waals surface area contributed by atoms with Crippen molar-refractivity contribution in [2.24, 2.45) is 0 Å². The van der Waals surface area contributed by atoms with Gasteiger partial charge >= 0.3 is 40.4 Å². The first-order valence-corrected chi connectivity index (χ1v) is 14.3. The Morgan fingerprint density at radius 1 is 0.351 bits per heavy atom. The molecule has 0 amide bonds. The summed E-state index contributed by atoms with van der Waals surface area (Å²) in [7, 11) is 0. The Labute approximate surface area is 350 Å². The van der Waals surface area contributed by atoms with Crippen LogP contribution >= 0.6 is 0 Å². The van der Waals surface area contributed by atoms with Crippen LogP contribution < -0.4 is 9.97 Å². The number of pyridine rings is 6. The Hall–Kier alpha value is -7.76. The number of aromatic nitrogens is 6. The van der Waals surface area contributed by atoms with Crippen LogP contribution in [0.3, 0.4) is 0 Å². The molecule has 0 saturated heterocycles. The van der Waals surface area contributed by atoms with Crippen molar-refractivity contribution < 1.29 is 75.8 Å². The van der Waals surface area contributed by atoms with Gasteiger partial charge in [0.1, 0.15) is 11.4 Å². The number of rotatable bonds is 4. The number of hydrogen-bond donors (Lipinski definition) is 0. The molecule has 0 fully saturated rings. The molecule has 2 N–H and O–H groups in total. The first-order valence-electron chi connectivity index (χ1n) is 14.3. The summed E-state index contributed by atoms with van der Waals surface area (Å²) in [4.78, 5) is 65.5. The number of aromatic amines is 2. The van der Waals surface area contributed by atoms with Crippen LogP contribution in [-0.4, -0.2) is 45.4 Å². The zero-order valence-electron chi connectivity index (χ0n) is 28.3. The molecular formula is C30H24N11O15Sm. The van der Waals surface area contributed by atoms with Crippen molar-refractivity contribution in [3.8, 4) is 45.6 Å². The molecular weight excluding hydrogens is 905 g/mol. The Morgan fingerprint density at radius 2 is 0.614 bits per heavy atom. The fraction of sp³-hybridized carbons (Fsp3) is 0. The van der Waals surface area contributed by atoms with E-state index in [0.29, 0.717) is 0 Å². The van der Waals surface area contributed by atoms with Gasteiger partial charge < -0.3 is 76.6 Å². The molecule has 295 valence electrons. The zero-order valence-corrected chi connectivity index (χ0v) is 30.9. The van der Waals surface area contributed by atoms with E-state index in [0.717, 1.165) is 45.6 Å². The third-order valence-corrected chi connectivity index (χ3v) is 5.32. The summed E-state index contributed by atoms with van der Waals surface area (Å²) in [5.41, 5.74) is 7.35. The molecule has 0 aliphatic heterocycles. The van der Waals surface area contributed by atoms with Crippen LogP contribution in [0.1, 0.15) is 0 Å². The van der Waals surface area contributed by atoms with Gasteiger partial charge in [-0.2, -0.15) is 0 Å². The van der Waals surface area contributed by atoms with Crippen molar-refractivity contribution in [1.29, 1.82) is 0 Å². The molecule has 6 rings (SSSR count). The number of nitrogens with zero attached hydrogens (tertiary/aromatic N) is 9. The maximum Gasteiger partial charge on any atom is 3.00 e. The van der Waals surface area contributed by atoms with E-state index in [4.69, 9.17) is 76.6 Å². The monoisotopic (exact) mass is 930 g/mol. The minimum Gasteiger partial charge on any atom is -0.356 e. The predicted octanol–water partition coefficient (Wildman–Crippen LogP) is 4.05. The smallest absolute Gasteiger partial charge is 0.356 e. The molecule has 0 aliphatic rings. The van der Waals surface area contributed by atoms with Crippen LogP contribution in [-0.2, 0) is 0 Å². The third kappa shape index (κ3) is 28.4. The molecule has 6 heterocycles. The molecule has 1 radical (unpaired) electrons. The van der Waals surface area contributed by atoms with Gasteiger partial charge in [-0.1, -0.05) is 24.3 Å². The third-order valence-electron chi connectivity index (χ3n) is 5.32. The summed E-state index contributed by atoms with van der Waals surface area (Å²) in [5.74, 6) is 0. The zero-order chi connectivity index (χ0) is 42.3. The van der Waals surface area contributed by atoms with Crippen molar-refractivity contribution in [1.82, 2.24) is 19.9 Å². The molecule has 26 nitrogen and oxygen atoms in total. The van der Waals surface area contributed by atoms with Gasteiger partial charge in [0.15, 0.2) is 12.4 Å². The molecule has 0 atom stereocenters. The summed E-state index contributed by atoms with van der Waals surface area (Å²) in [5, 5.41) is 73.8. The standard InChI is InChI=1S/2C15H11N3.5NO3.Sm/c2*1-3-10-16-12(6-1)14-8-5-9-15(18-14)13-7-2-4-11-17-13;5*2-1(3)4;/h2*1-11H;;;;;;/q;;5*-1;+3/p+2. The fourth-order valence-corrected chi connectivity index (χ4v) is 3.59. The van der Waals surface area contributed by atoms with Gasteiger partial charge in [0.05, 0.1) is 48.2 Å². The van der Waals surface area contributed by atoms with E-state index in [-0.39, 0.29) is 40.4 Å². The normalized spacial score (nSPS) is 8.56. The van der Waals surface area contributed by atoms with E-state index in [1.165, 1.54) is 0 Å². The second kappa shape index (κ2) is 30.7. The van der Waals surface area contributed by atoms with E-state index in [2.05, 4.69) is 29.9 Å². The van der Waals surface area contributed by atoms with Crippen LogP contribution in [0, 0.1) is 117 Å². The molecule has 0 aliphatic carbocycles. The van der Waals surface area contributed by atoms with Crippen LogP contribution in [0.2, 0.25) is 0 Å². The summed E-state index contributed by atoms with van der Waals surface area (Å²) in [6.45, 7) is 0. The Bertz CT molecular complexity index is 1750. The molecule has 0 aromatic carbocycles. The Kier molecular flexibility index (Phi) is 27.6. The van der Waals surface area contributed by atoms with Crippen LogP contribution in [0.25, 0.3) is 45.6 Å². The van der Waals surface area contributed by atoms with E-state index < -0.39 is 25.4 Å². The summed E-state index contributed by atoms with van der Waals surface area (Å²) >= 11 is 0. The second-order valence-electron chi connectivity index (χ2n) is 8.92. The second-order valence-corrected chi connectivity index (χ2v) is 8.92. The molecule has 0 saturated carbocycles. The number of H-pyrrole nitrogens is 2. The molecule has 0 unspecified atom stereocenters. The van der Waals surface area contributed by atoms with Gasteiger partial charge in [-0.05, 0) is 60.7 Å². The van der Waals surface area contributed by atoms with Crippen molar-refractivity contribution in [3.05, 3.63) is 211 Å². The van der Waals surface area contributed by atoms with E-state index in [9.17, 15) is 0 Å². The van der Waals surface area contributed by atoms with Gasteiger partial charge in [-0.3, -0.25) is 9.97 Å². The average Bonchev–Trinajstić information content (AvgIpc) is 3.16. The van der Waals surface area contributed by atoms with Crippen molar-refractivity contribution in [3.63, 3.8) is 0 Å². The van der Waals surface area contributed by atoms with Gasteiger partial charge in [0.25, 0.3) is 0 Å². The molecule has 57 heavy (non-hydrogen) atoms. The van der Waals surface area contributed by atoms with E-state index in [1.807, 2.05) is 122 Å². The topological polar surface area (TPSA) is 411 Å². The molecule has 6 aromatic rings. The van der Waals surface area contributed by atoms with Gasteiger partial charge in [0, 0.05) is 36.7 Å². The predicted molar refractivity (Wildman–Crippen MR) is 191 cm³/mol. The van der Waals surface area contributed by atoms with Crippen LogP contribution in [0.5, 0.6) is 0 Å². The molecule has 0 bridgehead atoms. The van der Waals surface area contributed by atoms with Gasteiger partial charge in [-0.15, -0.1) is 0 Å². The fourth-order valence-electron chi connectivity index (χ4n) is 3.59. The van der Waals surface area contributed by atoms with Gasteiger partial charge in [0.2, 0.25) is 11.4 Å². The van der Waals surface area contributed by atoms with Gasteiger partial charge in [-0.25, -0.2) is 19.9 Å². The minimum atomic E-state index is -1.75. The summed E-state index contributed by atoms with van der Waals surface area (Å²) in [6, 6.07) is 35.4. The minimum absolute atomic E-state index is 0. The first-order chi connectivity index (χ1) is 26.5. The maximum absolute atomic E-state index is 8.25.